The van der Waals surface area contributed by atoms with E-state index in [0.717, 1.165) is 6.42 Å². The van der Waals surface area contributed by atoms with Crippen molar-refractivity contribution in [2.75, 3.05) is 18.4 Å². The number of hydrogen-bond donors (Lipinski definition) is 1. The maximum Gasteiger partial charge on any atom is 0.410 e. The summed E-state index contributed by atoms with van der Waals surface area (Å²) in [5.74, 6) is 0.477. The molecule has 1 N–H and O–H groups in total. The molecule has 0 radical (unpaired) electrons. The topological polar surface area (TPSA) is 67.9 Å². The highest BCUT2D eigenvalue weighted by atomic mass is 35.5. The van der Waals surface area contributed by atoms with Gasteiger partial charge in [0, 0.05) is 29.2 Å². The van der Waals surface area contributed by atoms with E-state index >= 15 is 0 Å². The van der Waals surface area contributed by atoms with Gasteiger partial charge in [0.05, 0.1) is 6.54 Å². The van der Waals surface area contributed by atoms with Crippen LogP contribution in [0.2, 0.25) is 5.02 Å². The van der Waals surface area contributed by atoms with Crippen molar-refractivity contribution in [3.63, 3.8) is 0 Å². The number of benzene rings is 2. The number of amides is 2. The number of halogens is 1. The molecule has 1 aliphatic rings. The molecule has 1 saturated heterocycles. The molecule has 2 aromatic carbocycles. The van der Waals surface area contributed by atoms with E-state index in [-0.39, 0.29) is 18.1 Å². The molecule has 0 saturated carbocycles. The number of carbonyl (C=O) groups excluding carboxylic acids is 2. The highest BCUT2D eigenvalue weighted by Crippen LogP contribution is 2.22. The second-order valence-electron chi connectivity index (χ2n) is 7.94. The summed E-state index contributed by atoms with van der Waals surface area (Å²) in [5.41, 5.74) is 0.685. The summed E-state index contributed by atoms with van der Waals surface area (Å²) in [7, 11) is 0. The van der Waals surface area contributed by atoms with Crippen LogP contribution in [0.15, 0.2) is 48.5 Å². The highest BCUT2D eigenvalue weighted by Gasteiger charge is 2.30. The van der Waals surface area contributed by atoms with Gasteiger partial charge in [-0.05, 0) is 69.3 Å². The molecule has 2 aromatic rings. The van der Waals surface area contributed by atoms with Crippen molar-refractivity contribution in [3.05, 3.63) is 59.1 Å². The van der Waals surface area contributed by atoms with Gasteiger partial charge < -0.3 is 19.7 Å². The highest BCUT2D eigenvalue weighted by molar-refractivity contribution is 6.30. The maximum atomic E-state index is 12.3. The third kappa shape index (κ3) is 6.12. The smallest absolute Gasteiger partial charge is 0.410 e. The minimum absolute atomic E-state index is 0.0861. The van der Waals surface area contributed by atoms with E-state index in [1.807, 2.05) is 20.8 Å². The first kappa shape index (κ1) is 21.0. The largest absolute Gasteiger partial charge is 0.489 e. The Kier molecular flexibility index (Phi) is 6.33. The van der Waals surface area contributed by atoms with Gasteiger partial charge in [0.1, 0.15) is 17.5 Å². The predicted molar refractivity (Wildman–Crippen MR) is 113 cm³/mol. The van der Waals surface area contributed by atoms with E-state index in [1.165, 1.54) is 0 Å². The molecule has 0 spiro atoms. The Bertz CT molecular complexity index is 860. The number of carbonyl (C=O) groups is 2. The van der Waals surface area contributed by atoms with Crippen LogP contribution in [-0.4, -0.2) is 41.7 Å². The van der Waals surface area contributed by atoms with E-state index < -0.39 is 5.60 Å². The van der Waals surface area contributed by atoms with Crippen LogP contribution in [0, 0.1) is 0 Å². The minimum atomic E-state index is -0.512. The number of nitrogens with one attached hydrogen (secondary N) is 1. The van der Waals surface area contributed by atoms with Crippen LogP contribution < -0.4 is 10.1 Å². The monoisotopic (exact) mass is 416 g/mol. The second kappa shape index (κ2) is 8.74. The van der Waals surface area contributed by atoms with Crippen LogP contribution in [0.1, 0.15) is 37.6 Å². The minimum Gasteiger partial charge on any atom is -0.489 e. The van der Waals surface area contributed by atoms with Gasteiger partial charge in [-0.1, -0.05) is 11.6 Å². The Hall–Kier alpha value is -2.73. The summed E-state index contributed by atoms with van der Waals surface area (Å²) in [6.07, 6.45) is 0.342. The van der Waals surface area contributed by atoms with Gasteiger partial charge in [-0.2, -0.15) is 0 Å². The maximum absolute atomic E-state index is 12.3. The zero-order valence-electron chi connectivity index (χ0n) is 16.8. The lowest BCUT2D eigenvalue weighted by molar-refractivity contribution is 0.0275. The lowest BCUT2D eigenvalue weighted by atomic mass is 10.2. The number of hydrogen-bond acceptors (Lipinski definition) is 4. The van der Waals surface area contributed by atoms with Crippen molar-refractivity contribution >= 4 is 29.3 Å². The molecule has 2 amide bonds. The standard InChI is InChI=1S/C22H25ClN2O4/c1-22(2,3)29-21(27)25-13-12-19(14-25)28-18-10-8-17(9-11-18)24-20(26)15-4-6-16(23)7-5-15/h4-11,19H,12-14H2,1-3H3,(H,24,26)/t19-/m0/s1. The first-order valence-electron chi connectivity index (χ1n) is 9.51. The van der Waals surface area contributed by atoms with Crippen LogP contribution in [0.25, 0.3) is 0 Å². The summed E-state index contributed by atoms with van der Waals surface area (Å²) >= 11 is 5.84. The van der Waals surface area contributed by atoms with Gasteiger partial charge in [0.25, 0.3) is 5.91 Å². The second-order valence-corrected chi connectivity index (χ2v) is 8.38. The fraction of sp³-hybridized carbons (Fsp3) is 0.364. The number of anilines is 1. The molecule has 29 heavy (non-hydrogen) atoms. The van der Waals surface area contributed by atoms with Crippen LogP contribution in [0.3, 0.4) is 0 Å². The quantitative estimate of drug-likeness (QED) is 0.763. The molecule has 0 unspecified atom stereocenters. The summed E-state index contributed by atoms with van der Waals surface area (Å²) in [4.78, 5) is 26.1. The Morgan fingerprint density at radius 1 is 1.07 bits per heavy atom. The fourth-order valence-electron chi connectivity index (χ4n) is 2.93. The normalized spacial score (nSPS) is 16.4. The van der Waals surface area contributed by atoms with Crippen molar-refractivity contribution in [1.29, 1.82) is 0 Å². The number of likely N-dealkylation sites (tertiary alicyclic amines) is 1. The Morgan fingerprint density at radius 2 is 1.72 bits per heavy atom. The number of rotatable bonds is 4. The van der Waals surface area contributed by atoms with Gasteiger partial charge in [-0.25, -0.2) is 4.79 Å². The first-order chi connectivity index (χ1) is 13.7. The molecule has 1 aliphatic heterocycles. The molecule has 1 atom stereocenters. The molecule has 0 aromatic heterocycles. The molecule has 7 heteroatoms. The first-order valence-corrected chi connectivity index (χ1v) is 9.89. The Morgan fingerprint density at radius 3 is 2.34 bits per heavy atom. The number of ether oxygens (including phenoxy) is 2. The van der Waals surface area contributed by atoms with Gasteiger partial charge in [0.15, 0.2) is 0 Å². The predicted octanol–water partition coefficient (Wildman–Crippen LogP) is 4.98. The lowest BCUT2D eigenvalue weighted by Gasteiger charge is -2.24. The molecule has 0 aliphatic carbocycles. The van der Waals surface area contributed by atoms with Crippen LogP contribution in [-0.2, 0) is 4.74 Å². The average molecular weight is 417 g/mol. The van der Waals surface area contributed by atoms with Gasteiger partial charge in [-0.15, -0.1) is 0 Å². The Balaban J connectivity index is 1.51. The van der Waals surface area contributed by atoms with Crippen molar-refractivity contribution in [3.8, 4) is 5.75 Å². The van der Waals surface area contributed by atoms with E-state index in [2.05, 4.69) is 5.32 Å². The third-order valence-electron chi connectivity index (χ3n) is 4.32. The number of nitrogens with zero attached hydrogens (tertiary/aromatic N) is 1. The average Bonchev–Trinajstić information content (AvgIpc) is 3.11. The summed E-state index contributed by atoms with van der Waals surface area (Å²) in [6.45, 7) is 6.64. The van der Waals surface area contributed by atoms with Crippen molar-refractivity contribution < 1.29 is 19.1 Å². The molecule has 154 valence electrons. The van der Waals surface area contributed by atoms with Gasteiger partial charge in [-0.3, -0.25) is 4.79 Å². The zero-order valence-corrected chi connectivity index (χ0v) is 17.5. The molecule has 6 nitrogen and oxygen atoms in total. The van der Waals surface area contributed by atoms with Crippen molar-refractivity contribution in [1.82, 2.24) is 4.90 Å². The van der Waals surface area contributed by atoms with Crippen LogP contribution in [0.5, 0.6) is 5.75 Å². The van der Waals surface area contributed by atoms with Crippen molar-refractivity contribution in [2.24, 2.45) is 0 Å². The molecule has 3 rings (SSSR count). The lowest BCUT2D eigenvalue weighted by Crippen LogP contribution is -2.36. The van der Waals surface area contributed by atoms with Crippen LogP contribution in [0.4, 0.5) is 10.5 Å². The van der Waals surface area contributed by atoms with E-state index in [4.69, 9.17) is 21.1 Å². The third-order valence-corrected chi connectivity index (χ3v) is 4.57. The van der Waals surface area contributed by atoms with E-state index in [0.29, 0.717) is 35.1 Å². The van der Waals surface area contributed by atoms with Gasteiger partial charge >= 0.3 is 6.09 Å². The van der Waals surface area contributed by atoms with Crippen LogP contribution >= 0.6 is 11.6 Å². The fourth-order valence-corrected chi connectivity index (χ4v) is 3.06. The summed E-state index contributed by atoms with van der Waals surface area (Å²) in [5, 5.41) is 3.42. The van der Waals surface area contributed by atoms with Gasteiger partial charge in [0.2, 0.25) is 0 Å². The molecule has 0 bridgehead atoms. The molecular formula is C22H25ClN2O4. The molecule has 1 heterocycles. The van der Waals surface area contributed by atoms with E-state index in [9.17, 15) is 9.59 Å². The van der Waals surface area contributed by atoms with E-state index in [1.54, 1.807) is 53.4 Å². The molecular weight excluding hydrogens is 392 g/mol. The summed E-state index contributed by atoms with van der Waals surface area (Å²) in [6, 6.07) is 13.9. The zero-order chi connectivity index (χ0) is 21.0. The Labute approximate surface area is 175 Å². The SMILES string of the molecule is CC(C)(C)OC(=O)N1CC[C@H](Oc2ccc(NC(=O)c3ccc(Cl)cc3)cc2)C1. The summed E-state index contributed by atoms with van der Waals surface area (Å²) < 4.78 is 11.4. The molecule has 1 fully saturated rings. The van der Waals surface area contributed by atoms with Crippen molar-refractivity contribution in [2.45, 2.75) is 38.9 Å².